The molecule has 4 unspecified atom stereocenters. The van der Waals surface area contributed by atoms with Gasteiger partial charge in [0.15, 0.2) is 0 Å². The Bertz CT molecular complexity index is 529. The average molecular weight is 274 g/mol. The molecular weight excluding hydrogens is 252 g/mol. The first-order valence-electron chi connectivity index (χ1n) is 7.44. The quantitative estimate of drug-likeness (QED) is 0.737. The van der Waals surface area contributed by atoms with Crippen LogP contribution in [0, 0.1) is 17.8 Å². The van der Waals surface area contributed by atoms with Crippen molar-refractivity contribution in [3.63, 3.8) is 0 Å². The van der Waals surface area contributed by atoms with Gasteiger partial charge in [-0.3, -0.25) is 0 Å². The lowest BCUT2D eigenvalue weighted by Gasteiger charge is -2.29. The van der Waals surface area contributed by atoms with Crippen molar-refractivity contribution in [3.8, 4) is 0 Å². The standard InChI is InChI=1S/C16H22N2O2/c1-9(14-7-10-2-3-11(14)6-10)18-15-8-12(17)4-5-13(15)16(19)20/h4-5,8-11,14,18H,2-3,6-7,17H2,1H3,(H,19,20). The Hall–Kier alpha value is -1.71. The van der Waals surface area contributed by atoms with E-state index in [4.69, 9.17) is 5.73 Å². The number of aromatic carboxylic acids is 1. The summed E-state index contributed by atoms with van der Waals surface area (Å²) in [5.74, 6) is 1.47. The number of fused-ring (bicyclic) bond motifs is 2. The van der Waals surface area contributed by atoms with Gasteiger partial charge in [-0.1, -0.05) is 6.42 Å². The number of carboxylic acid groups (broad SMARTS) is 1. The largest absolute Gasteiger partial charge is 0.478 e. The van der Waals surface area contributed by atoms with Crippen LogP contribution in [0.25, 0.3) is 0 Å². The van der Waals surface area contributed by atoms with Crippen molar-refractivity contribution in [2.75, 3.05) is 11.1 Å². The van der Waals surface area contributed by atoms with Crippen LogP contribution in [0.15, 0.2) is 18.2 Å². The van der Waals surface area contributed by atoms with Gasteiger partial charge in [0, 0.05) is 11.7 Å². The second-order valence-corrected chi connectivity index (χ2v) is 6.38. The highest BCUT2D eigenvalue weighted by molar-refractivity contribution is 5.95. The smallest absolute Gasteiger partial charge is 0.337 e. The molecule has 0 spiro atoms. The van der Waals surface area contributed by atoms with Crippen LogP contribution in [0.1, 0.15) is 43.0 Å². The fraction of sp³-hybridized carbons (Fsp3) is 0.562. The highest BCUT2D eigenvalue weighted by Crippen LogP contribution is 2.49. The van der Waals surface area contributed by atoms with Crippen molar-refractivity contribution in [2.45, 2.75) is 38.6 Å². The number of rotatable bonds is 4. The number of hydrogen-bond acceptors (Lipinski definition) is 3. The number of anilines is 2. The first kappa shape index (κ1) is 13.3. The summed E-state index contributed by atoms with van der Waals surface area (Å²) in [6.45, 7) is 2.17. The van der Waals surface area contributed by atoms with E-state index in [0.717, 1.165) is 11.8 Å². The molecule has 2 bridgehead atoms. The predicted molar refractivity (Wildman–Crippen MR) is 79.8 cm³/mol. The summed E-state index contributed by atoms with van der Waals surface area (Å²) < 4.78 is 0. The van der Waals surface area contributed by atoms with E-state index in [2.05, 4.69) is 12.2 Å². The highest BCUT2D eigenvalue weighted by atomic mass is 16.4. The molecule has 2 aliphatic carbocycles. The molecule has 4 nitrogen and oxygen atoms in total. The molecule has 0 saturated heterocycles. The summed E-state index contributed by atoms with van der Waals surface area (Å²) in [4.78, 5) is 11.3. The maximum Gasteiger partial charge on any atom is 0.337 e. The van der Waals surface area contributed by atoms with Gasteiger partial charge < -0.3 is 16.2 Å². The van der Waals surface area contributed by atoms with Gasteiger partial charge in [0.25, 0.3) is 0 Å². The maximum absolute atomic E-state index is 11.3. The van der Waals surface area contributed by atoms with E-state index in [-0.39, 0.29) is 0 Å². The van der Waals surface area contributed by atoms with Gasteiger partial charge in [0.05, 0.1) is 11.3 Å². The van der Waals surface area contributed by atoms with Crippen LogP contribution in [0.5, 0.6) is 0 Å². The lowest BCUT2D eigenvalue weighted by Crippen LogP contribution is -2.30. The summed E-state index contributed by atoms with van der Waals surface area (Å²) in [5, 5.41) is 12.7. The first-order chi connectivity index (χ1) is 9.54. The van der Waals surface area contributed by atoms with Gasteiger partial charge in [-0.2, -0.15) is 0 Å². The van der Waals surface area contributed by atoms with Crippen LogP contribution in [0.2, 0.25) is 0 Å². The Kier molecular flexibility index (Phi) is 3.32. The normalized spacial score (nSPS) is 29.4. The van der Waals surface area contributed by atoms with Gasteiger partial charge in [-0.15, -0.1) is 0 Å². The molecule has 2 saturated carbocycles. The van der Waals surface area contributed by atoms with Gasteiger partial charge in [-0.05, 0) is 62.1 Å². The van der Waals surface area contributed by atoms with E-state index >= 15 is 0 Å². The molecule has 108 valence electrons. The fourth-order valence-electron chi connectivity index (χ4n) is 4.13. The van der Waals surface area contributed by atoms with E-state index in [0.29, 0.717) is 28.9 Å². The molecule has 0 aliphatic heterocycles. The van der Waals surface area contributed by atoms with E-state index in [1.54, 1.807) is 18.2 Å². The van der Waals surface area contributed by atoms with E-state index in [1.165, 1.54) is 25.7 Å². The molecule has 2 fully saturated rings. The first-order valence-corrected chi connectivity index (χ1v) is 7.44. The third-order valence-electron chi connectivity index (χ3n) is 5.09. The molecule has 1 aromatic rings. The van der Waals surface area contributed by atoms with Crippen molar-refractivity contribution in [2.24, 2.45) is 17.8 Å². The minimum absolute atomic E-state index is 0.296. The van der Waals surface area contributed by atoms with Crippen LogP contribution in [0.3, 0.4) is 0 Å². The highest BCUT2D eigenvalue weighted by Gasteiger charge is 2.41. The molecule has 0 radical (unpaired) electrons. The summed E-state index contributed by atoms with van der Waals surface area (Å²) in [5.41, 5.74) is 7.33. The molecule has 20 heavy (non-hydrogen) atoms. The number of nitrogens with one attached hydrogen (secondary N) is 1. The van der Waals surface area contributed by atoms with Crippen LogP contribution >= 0.6 is 0 Å². The van der Waals surface area contributed by atoms with Crippen LogP contribution in [-0.2, 0) is 0 Å². The Morgan fingerprint density at radius 3 is 2.80 bits per heavy atom. The van der Waals surface area contributed by atoms with Gasteiger partial charge >= 0.3 is 5.97 Å². The van der Waals surface area contributed by atoms with Gasteiger partial charge in [-0.25, -0.2) is 4.79 Å². The molecule has 4 atom stereocenters. The average Bonchev–Trinajstić information content (AvgIpc) is 3.00. The Morgan fingerprint density at radius 2 is 2.20 bits per heavy atom. The Labute approximate surface area is 119 Å². The second kappa shape index (κ2) is 5.00. The van der Waals surface area contributed by atoms with Crippen molar-refractivity contribution < 1.29 is 9.90 Å². The van der Waals surface area contributed by atoms with Crippen LogP contribution in [0.4, 0.5) is 11.4 Å². The molecule has 4 N–H and O–H groups in total. The molecule has 0 aromatic heterocycles. The zero-order valence-corrected chi connectivity index (χ0v) is 11.8. The molecule has 0 amide bonds. The summed E-state index contributed by atoms with van der Waals surface area (Å²) in [6, 6.07) is 5.24. The summed E-state index contributed by atoms with van der Waals surface area (Å²) in [6.07, 6.45) is 5.36. The van der Waals surface area contributed by atoms with E-state index in [1.807, 2.05) is 0 Å². The summed E-state index contributed by atoms with van der Waals surface area (Å²) >= 11 is 0. The monoisotopic (exact) mass is 274 g/mol. The zero-order chi connectivity index (χ0) is 14.3. The minimum Gasteiger partial charge on any atom is -0.478 e. The van der Waals surface area contributed by atoms with Gasteiger partial charge in [0.2, 0.25) is 0 Å². The summed E-state index contributed by atoms with van der Waals surface area (Å²) in [7, 11) is 0. The topological polar surface area (TPSA) is 75.3 Å². The number of carbonyl (C=O) groups is 1. The Morgan fingerprint density at radius 1 is 1.40 bits per heavy atom. The third kappa shape index (κ3) is 2.35. The number of nitrogen functional groups attached to an aromatic ring is 1. The molecule has 4 heteroatoms. The van der Waals surface area contributed by atoms with Crippen LogP contribution in [-0.4, -0.2) is 17.1 Å². The number of nitrogens with two attached hydrogens (primary N) is 1. The van der Waals surface area contributed by atoms with E-state index < -0.39 is 5.97 Å². The number of benzene rings is 1. The zero-order valence-electron chi connectivity index (χ0n) is 11.8. The number of hydrogen-bond donors (Lipinski definition) is 3. The third-order valence-corrected chi connectivity index (χ3v) is 5.09. The maximum atomic E-state index is 11.3. The van der Waals surface area contributed by atoms with E-state index in [9.17, 15) is 9.90 Å². The lowest BCUT2D eigenvalue weighted by atomic mass is 9.84. The molecule has 1 aromatic carbocycles. The molecule has 0 heterocycles. The van der Waals surface area contributed by atoms with Crippen molar-refractivity contribution >= 4 is 17.3 Å². The second-order valence-electron chi connectivity index (χ2n) is 6.38. The Balaban J connectivity index is 1.77. The SMILES string of the molecule is CC(Nc1cc(N)ccc1C(=O)O)C1CC2CCC1C2. The molecular formula is C16H22N2O2. The fourth-order valence-corrected chi connectivity index (χ4v) is 4.13. The lowest BCUT2D eigenvalue weighted by molar-refractivity contribution is 0.0698. The van der Waals surface area contributed by atoms with Crippen molar-refractivity contribution in [1.82, 2.24) is 0 Å². The predicted octanol–water partition coefficient (Wildman–Crippen LogP) is 3.20. The van der Waals surface area contributed by atoms with Crippen molar-refractivity contribution in [1.29, 1.82) is 0 Å². The molecule has 3 rings (SSSR count). The molecule has 2 aliphatic rings. The van der Waals surface area contributed by atoms with Crippen molar-refractivity contribution in [3.05, 3.63) is 23.8 Å². The van der Waals surface area contributed by atoms with Crippen LogP contribution < -0.4 is 11.1 Å². The minimum atomic E-state index is -0.910. The number of carboxylic acids is 1. The van der Waals surface area contributed by atoms with Gasteiger partial charge in [0.1, 0.15) is 0 Å².